The average Bonchev–Trinajstić information content (AvgIpc) is 3.36. The third kappa shape index (κ3) is 11.2. The smallest absolute Gasteiger partial charge is 0.331 e. The molecule has 0 saturated carbocycles. The fourth-order valence-corrected chi connectivity index (χ4v) is 8.55. The monoisotopic (exact) mass is 1050 g/mol. The number of aliphatic hydroxyl groups excluding tert-OH is 10. The highest BCUT2D eigenvalue weighted by atomic mass is 16.8. The predicted octanol–water partition coefficient (Wildman–Crippen LogP) is -3.43. The lowest BCUT2D eigenvalue weighted by Gasteiger charge is -2.47. The molecule has 404 valence electrons. The number of phenolic OH excluding ortho intramolecular Hbond substituents is 5. The van der Waals surface area contributed by atoms with Crippen LogP contribution in [0, 0.1) is 0 Å². The highest BCUT2D eigenvalue weighted by Gasteiger charge is 2.55. The van der Waals surface area contributed by atoms with Crippen LogP contribution in [0.3, 0.4) is 0 Å². The number of aromatic hydroxyl groups is 5. The number of carbonyl (C=O) groups is 1. The zero-order valence-electron chi connectivity index (χ0n) is 38.5. The maximum atomic E-state index is 14.6. The van der Waals surface area contributed by atoms with Crippen molar-refractivity contribution in [3.05, 3.63) is 76.5 Å². The van der Waals surface area contributed by atoms with Crippen LogP contribution >= 0.6 is 0 Å². The standard InChI is InChI=1S/C47H54O27/c1-16-30(56)40(72-46-37(63)35(61)32(58)26(13-48)69-46)38(64)45(67-16)66-15-27-33(59)41(73-44-36(62)31(57)24(54)14-65-44)43(71-28(55)9-4-17-2-6-19(49)7-3-17)47(70-27)74-42-34(60)29-23(53)11-20(50)12-25(29)68-39(42)18-5-8-21(51)22(52)10-18/h2-12,16,24,26-27,30-33,35-38,40-41,43-54,56-59,61-64H,13-15H2,1H3/b9-4+/t16-,24-,26+,27+,30-,31-,32+,33+,35-,36+,37+,38+,40+,41-,43+,44+,45+,46-,47-/m0/s1. The number of rotatable bonds is 14. The molecule has 27 nitrogen and oxygen atoms in total. The number of esters is 1. The summed E-state index contributed by atoms with van der Waals surface area (Å²) in [5.41, 5.74) is -1.43. The Hall–Kier alpha value is -5.80. The molecule has 0 unspecified atom stereocenters. The molecule has 0 aliphatic carbocycles. The Morgan fingerprint density at radius 1 is 0.649 bits per heavy atom. The van der Waals surface area contributed by atoms with Gasteiger partial charge in [0.1, 0.15) is 108 Å². The van der Waals surface area contributed by atoms with Crippen LogP contribution < -0.4 is 10.2 Å². The van der Waals surface area contributed by atoms with E-state index in [0.29, 0.717) is 5.56 Å². The molecule has 0 radical (unpaired) electrons. The van der Waals surface area contributed by atoms with E-state index in [9.17, 15) is 86.2 Å². The van der Waals surface area contributed by atoms with Crippen molar-refractivity contribution in [2.75, 3.05) is 19.8 Å². The van der Waals surface area contributed by atoms with Gasteiger partial charge in [0.05, 0.1) is 25.9 Å². The average molecular weight is 1050 g/mol. The van der Waals surface area contributed by atoms with E-state index < -0.39 is 193 Å². The minimum absolute atomic E-state index is 0.0931. The van der Waals surface area contributed by atoms with Crippen molar-refractivity contribution < 1.29 is 128 Å². The minimum atomic E-state index is -2.22. The Labute approximate surface area is 416 Å². The molecule has 4 aromatic rings. The molecule has 74 heavy (non-hydrogen) atoms. The van der Waals surface area contributed by atoms with Gasteiger partial charge in [-0.15, -0.1) is 0 Å². The molecule has 8 rings (SSSR count). The number of aliphatic hydroxyl groups is 10. The SMILES string of the molecule is C[C@@H]1O[C@@H](OC[C@H]2O[C@@H](Oc3c(-c4ccc(O)c(O)c4)oc4cc(O)cc(O)c4c3=O)[C@H](OC(=O)/C=C/c3ccc(O)cc3)[C@@H](O[C@H]3OC[C@H](O)[C@H](O)[C@H]3O)[C@@H]2O)[C@H](O)[C@H](O[C@@H]2O[C@H](CO)[C@@H](O)[C@H](O)[C@H]2O)[C@H]1O. The number of carbonyl (C=O) groups excluding carboxylic acids is 1. The molecule has 27 heteroatoms. The van der Waals surface area contributed by atoms with E-state index in [1.807, 2.05) is 0 Å². The molecule has 15 N–H and O–H groups in total. The Kier molecular flexibility index (Phi) is 16.6. The van der Waals surface area contributed by atoms with Crippen LogP contribution in [0.2, 0.25) is 0 Å². The lowest BCUT2D eigenvalue weighted by Crippen LogP contribution is -2.66. The molecule has 4 aliphatic rings. The molecule has 0 amide bonds. The Balaban J connectivity index is 1.18. The van der Waals surface area contributed by atoms with Crippen molar-refractivity contribution in [3.63, 3.8) is 0 Å². The molecule has 0 spiro atoms. The Bertz CT molecular complexity index is 2680. The maximum absolute atomic E-state index is 14.6. The highest BCUT2D eigenvalue weighted by Crippen LogP contribution is 2.41. The summed E-state index contributed by atoms with van der Waals surface area (Å²) >= 11 is 0. The fourth-order valence-electron chi connectivity index (χ4n) is 8.55. The molecule has 4 saturated heterocycles. The van der Waals surface area contributed by atoms with Crippen LogP contribution in [0.5, 0.6) is 34.5 Å². The van der Waals surface area contributed by atoms with E-state index >= 15 is 0 Å². The number of phenols is 5. The summed E-state index contributed by atoms with van der Waals surface area (Å²) in [4.78, 5) is 28.3. The molecule has 3 aromatic carbocycles. The summed E-state index contributed by atoms with van der Waals surface area (Å²) in [7, 11) is 0. The van der Waals surface area contributed by atoms with E-state index in [2.05, 4.69) is 0 Å². The van der Waals surface area contributed by atoms with Crippen LogP contribution in [0.4, 0.5) is 0 Å². The Morgan fingerprint density at radius 2 is 1.34 bits per heavy atom. The first-order valence-electron chi connectivity index (χ1n) is 22.8. The summed E-state index contributed by atoms with van der Waals surface area (Å²) < 4.78 is 58.4. The van der Waals surface area contributed by atoms with Gasteiger partial charge in [-0.05, 0) is 48.9 Å². The van der Waals surface area contributed by atoms with Crippen molar-refractivity contribution in [2.24, 2.45) is 0 Å². The number of hydrogen-bond acceptors (Lipinski definition) is 27. The summed E-state index contributed by atoms with van der Waals surface area (Å²) in [5, 5.41) is 158. The van der Waals surface area contributed by atoms with Crippen molar-refractivity contribution >= 4 is 23.0 Å². The van der Waals surface area contributed by atoms with Gasteiger partial charge in [0.2, 0.25) is 17.5 Å². The van der Waals surface area contributed by atoms with Gasteiger partial charge in [-0.3, -0.25) is 4.79 Å². The van der Waals surface area contributed by atoms with Gasteiger partial charge in [0, 0.05) is 23.8 Å². The van der Waals surface area contributed by atoms with Gasteiger partial charge >= 0.3 is 5.97 Å². The normalized spacial score (nSPS) is 35.7. The second-order valence-corrected chi connectivity index (χ2v) is 17.8. The van der Waals surface area contributed by atoms with Crippen LogP contribution in [-0.2, 0) is 42.7 Å². The third-order valence-electron chi connectivity index (χ3n) is 12.7. The van der Waals surface area contributed by atoms with Gasteiger partial charge in [0.15, 0.2) is 42.2 Å². The van der Waals surface area contributed by atoms with Crippen LogP contribution in [0.1, 0.15) is 12.5 Å². The van der Waals surface area contributed by atoms with Crippen molar-refractivity contribution in [1.82, 2.24) is 0 Å². The molecular weight excluding hydrogens is 996 g/mol. The number of benzene rings is 3. The van der Waals surface area contributed by atoms with Gasteiger partial charge in [-0.2, -0.15) is 0 Å². The lowest BCUT2D eigenvalue weighted by atomic mass is 9.97. The quantitative estimate of drug-likeness (QED) is 0.0332. The van der Waals surface area contributed by atoms with Gasteiger partial charge in [-0.25, -0.2) is 4.79 Å². The minimum Gasteiger partial charge on any atom is -0.508 e. The summed E-state index contributed by atoms with van der Waals surface area (Å²) in [6, 6.07) is 10.4. The largest absolute Gasteiger partial charge is 0.508 e. The maximum Gasteiger partial charge on any atom is 0.331 e. The number of hydrogen-bond donors (Lipinski definition) is 15. The van der Waals surface area contributed by atoms with E-state index in [1.165, 1.54) is 37.3 Å². The highest BCUT2D eigenvalue weighted by molar-refractivity contribution is 5.89. The summed E-state index contributed by atoms with van der Waals surface area (Å²) in [5.74, 6) is -5.46. The molecule has 5 heterocycles. The molecule has 4 aliphatic heterocycles. The lowest BCUT2D eigenvalue weighted by molar-refractivity contribution is -0.365. The van der Waals surface area contributed by atoms with Gasteiger partial charge in [-0.1, -0.05) is 12.1 Å². The first-order valence-corrected chi connectivity index (χ1v) is 22.8. The molecule has 4 fully saturated rings. The summed E-state index contributed by atoms with van der Waals surface area (Å²) in [6.07, 6.45) is -33.2. The van der Waals surface area contributed by atoms with Crippen LogP contribution in [0.15, 0.2) is 69.9 Å². The van der Waals surface area contributed by atoms with E-state index in [-0.39, 0.29) is 11.3 Å². The fraction of sp³-hybridized carbons (Fsp3) is 0.489. The van der Waals surface area contributed by atoms with Crippen LogP contribution in [-0.4, -0.2) is 219 Å². The second kappa shape index (κ2) is 22.6. The number of ether oxygens (including phenoxy) is 9. The van der Waals surface area contributed by atoms with E-state index in [1.54, 1.807) is 0 Å². The topological polar surface area (TPSA) is 434 Å². The predicted molar refractivity (Wildman–Crippen MR) is 240 cm³/mol. The first kappa shape index (κ1) is 54.5. The first-order chi connectivity index (χ1) is 35.1. The number of fused-ring (bicyclic) bond motifs is 1. The van der Waals surface area contributed by atoms with E-state index in [0.717, 1.165) is 36.4 Å². The van der Waals surface area contributed by atoms with Crippen LogP contribution in [0.25, 0.3) is 28.4 Å². The zero-order chi connectivity index (χ0) is 53.4. The van der Waals surface area contributed by atoms with Gasteiger partial charge in [0.25, 0.3) is 0 Å². The molecule has 19 atom stereocenters. The van der Waals surface area contributed by atoms with Crippen molar-refractivity contribution in [2.45, 2.75) is 124 Å². The van der Waals surface area contributed by atoms with Crippen molar-refractivity contribution in [1.29, 1.82) is 0 Å². The van der Waals surface area contributed by atoms with E-state index in [4.69, 9.17) is 47.0 Å². The molecule has 0 bridgehead atoms. The van der Waals surface area contributed by atoms with Crippen molar-refractivity contribution in [3.8, 4) is 45.8 Å². The Morgan fingerprint density at radius 3 is 2.04 bits per heavy atom. The zero-order valence-corrected chi connectivity index (χ0v) is 38.5. The third-order valence-corrected chi connectivity index (χ3v) is 12.7. The summed E-state index contributed by atoms with van der Waals surface area (Å²) in [6.45, 7) is -1.05. The second-order valence-electron chi connectivity index (χ2n) is 17.8. The van der Waals surface area contributed by atoms with Gasteiger partial charge < -0.3 is 124 Å². The molecular formula is C47H54O27. The molecule has 1 aromatic heterocycles.